The maximum atomic E-state index is 11.6. The summed E-state index contributed by atoms with van der Waals surface area (Å²) in [5.41, 5.74) is 0.717. The minimum absolute atomic E-state index is 0.0978. The summed E-state index contributed by atoms with van der Waals surface area (Å²) in [4.78, 5) is 36.6. The van der Waals surface area contributed by atoms with E-state index in [0.717, 1.165) is 0 Å². The molecule has 1 aliphatic rings. The third kappa shape index (κ3) is 6.16. The number of nitrogens with zero attached hydrogens (tertiary/aromatic N) is 2. The van der Waals surface area contributed by atoms with Crippen LogP contribution in [0.15, 0.2) is 18.2 Å². The lowest BCUT2D eigenvalue weighted by Gasteiger charge is -2.38. The van der Waals surface area contributed by atoms with E-state index >= 15 is 0 Å². The highest BCUT2D eigenvalue weighted by atomic mass is 16.5. The van der Waals surface area contributed by atoms with E-state index in [1.807, 2.05) is 0 Å². The number of ether oxygens (including phenoxy) is 3. The fourth-order valence-electron chi connectivity index (χ4n) is 3.15. The topological polar surface area (TPSA) is 126 Å². The van der Waals surface area contributed by atoms with Gasteiger partial charge in [0.15, 0.2) is 11.5 Å². The Bertz CT molecular complexity index is 739. The number of esters is 1. The second-order valence-corrected chi connectivity index (χ2v) is 6.46. The number of rotatable bonds is 8. The fourth-order valence-corrected chi connectivity index (χ4v) is 3.15. The zero-order valence-electron chi connectivity index (χ0n) is 16.5. The molecule has 10 nitrogen and oxygen atoms in total. The Hall–Kier alpha value is -3.17. The highest BCUT2D eigenvalue weighted by Crippen LogP contribution is 2.29. The summed E-state index contributed by atoms with van der Waals surface area (Å²) in [6, 6.07) is 4.59. The SMILES string of the molecule is CCOC(=O)Cc1ccc(OCC[C@@H]2CN(C(=O)O)CCN2C(=O)O)c(OC)c1. The van der Waals surface area contributed by atoms with Crippen LogP contribution in [0.2, 0.25) is 0 Å². The van der Waals surface area contributed by atoms with Crippen molar-refractivity contribution in [2.45, 2.75) is 25.8 Å². The number of carbonyl (C=O) groups is 3. The summed E-state index contributed by atoms with van der Waals surface area (Å²) in [6.07, 6.45) is -1.71. The Morgan fingerprint density at radius 3 is 2.52 bits per heavy atom. The number of benzene rings is 1. The molecule has 2 N–H and O–H groups in total. The van der Waals surface area contributed by atoms with Gasteiger partial charge < -0.3 is 34.2 Å². The van der Waals surface area contributed by atoms with Gasteiger partial charge in [0, 0.05) is 26.1 Å². The lowest BCUT2D eigenvalue weighted by atomic mass is 10.1. The molecular formula is C19H26N2O8. The Morgan fingerprint density at radius 2 is 1.90 bits per heavy atom. The molecule has 1 saturated heterocycles. The minimum Gasteiger partial charge on any atom is -0.493 e. The van der Waals surface area contributed by atoms with Crippen molar-refractivity contribution >= 4 is 18.2 Å². The van der Waals surface area contributed by atoms with Crippen molar-refractivity contribution in [1.29, 1.82) is 0 Å². The number of hydrogen-bond acceptors (Lipinski definition) is 6. The second-order valence-electron chi connectivity index (χ2n) is 6.46. The molecule has 0 saturated carbocycles. The van der Waals surface area contributed by atoms with Crippen molar-refractivity contribution in [1.82, 2.24) is 9.80 Å². The number of piperazine rings is 1. The van der Waals surface area contributed by atoms with Gasteiger partial charge in [0.1, 0.15) is 0 Å². The number of methoxy groups -OCH3 is 1. The summed E-state index contributed by atoms with van der Waals surface area (Å²) in [5, 5.41) is 18.5. The van der Waals surface area contributed by atoms with E-state index in [9.17, 15) is 19.5 Å². The van der Waals surface area contributed by atoms with Crippen LogP contribution in [0.3, 0.4) is 0 Å². The Kier molecular flexibility index (Phi) is 7.93. The van der Waals surface area contributed by atoms with Crippen LogP contribution in [0.4, 0.5) is 9.59 Å². The van der Waals surface area contributed by atoms with Gasteiger partial charge in [-0.1, -0.05) is 6.07 Å². The Morgan fingerprint density at radius 1 is 1.14 bits per heavy atom. The van der Waals surface area contributed by atoms with Crippen molar-refractivity contribution in [3.05, 3.63) is 23.8 Å². The first-order valence-electron chi connectivity index (χ1n) is 9.28. The smallest absolute Gasteiger partial charge is 0.407 e. The zero-order valence-corrected chi connectivity index (χ0v) is 16.5. The lowest BCUT2D eigenvalue weighted by molar-refractivity contribution is -0.142. The molecule has 0 aromatic heterocycles. The molecule has 0 radical (unpaired) electrons. The molecule has 1 aromatic rings. The summed E-state index contributed by atoms with van der Waals surface area (Å²) in [5.74, 6) is 0.558. The van der Waals surface area contributed by atoms with E-state index < -0.39 is 18.2 Å². The molecule has 1 heterocycles. The highest BCUT2D eigenvalue weighted by molar-refractivity contribution is 5.73. The quantitative estimate of drug-likeness (QED) is 0.623. The number of hydrogen-bond donors (Lipinski definition) is 2. The van der Waals surface area contributed by atoms with E-state index in [-0.39, 0.29) is 38.6 Å². The highest BCUT2D eigenvalue weighted by Gasteiger charge is 2.32. The van der Waals surface area contributed by atoms with Gasteiger partial charge in [0.2, 0.25) is 0 Å². The first kappa shape index (κ1) is 22.1. The zero-order chi connectivity index (χ0) is 21.4. The van der Waals surface area contributed by atoms with Gasteiger partial charge in [0.05, 0.1) is 32.8 Å². The molecule has 0 spiro atoms. The van der Waals surface area contributed by atoms with E-state index in [4.69, 9.17) is 19.3 Å². The predicted molar refractivity (Wildman–Crippen MR) is 102 cm³/mol. The Balaban J connectivity index is 1.97. The molecule has 2 rings (SSSR count). The monoisotopic (exact) mass is 410 g/mol. The lowest BCUT2D eigenvalue weighted by Crippen LogP contribution is -2.56. The largest absolute Gasteiger partial charge is 0.493 e. The van der Waals surface area contributed by atoms with E-state index in [1.54, 1.807) is 25.1 Å². The molecule has 1 aromatic carbocycles. The van der Waals surface area contributed by atoms with Crippen LogP contribution in [-0.4, -0.2) is 84.2 Å². The molecule has 1 atom stereocenters. The predicted octanol–water partition coefficient (Wildman–Crippen LogP) is 1.91. The molecule has 160 valence electrons. The van der Waals surface area contributed by atoms with Gasteiger partial charge in [-0.05, 0) is 24.6 Å². The number of carboxylic acid groups (broad SMARTS) is 2. The molecule has 1 fully saturated rings. The van der Waals surface area contributed by atoms with Crippen LogP contribution < -0.4 is 9.47 Å². The van der Waals surface area contributed by atoms with Gasteiger partial charge >= 0.3 is 18.2 Å². The van der Waals surface area contributed by atoms with Crippen LogP contribution in [-0.2, 0) is 16.0 Å². The van der Waals surface area contributed by atoms with Crippen LogP contribution in [0.25, 0.3) is 0 Å². The number of amides is 2. The van der Waals surface area contributed by atoms with E-state index in [0.29, 0.717) is 30.1 Å². The van der Waals surface area contributed by atoms with Crippen molar-refractivity contribution in [2.75, 3.05) is 40.0 Å². The van der Waals surface area contributed by atoms with Gasteiger partial charge in [0.25, 0.3) is 0 Å². The molecule has 29 heavy (non-hydrogen) atoms. The Labute approximate surface area is 168 Å². The normalized spacial score (nSPS) is 16.3. The average molecular weight is 410 g/mol. The van der Waals surface area contributed by atoms with E-state index in [2.05, 4.69) is 0 Å². The standard InChI is InChI=1S/C19H26N2O8/c1-3-28-17(22)11-13-4-5-15(16(10-13)27-2)29-9-6-14-12-20(18(23)24)7-8-21(14)19(25)26/h4-5,10,14H,3,6-9,11-12H2,1-2H3,(H,23,24)(H,25,26)/t14-/m1/s1. The van der Waals surface area contributed by atoms with Crippen molar-refractivity contribution < 1.29 is 38.8 Å². The van der Waals surface area contributed by atoms with Crippen molar-refractivity contribution in [3.8, 4) is 11.5 Å². The van der Waals surface area contributed by atoms with Gasteiger partial charge in [-0.15, -0.1) is 0 Å². The number of carbonyl (C=O) groups excluding carboxylic acids is 1. The van der Waals surface area contributed by atoms with E-state index in [1.165, 1.54) is 16.9 Å². The third-order valence-corrected chi connectivity index (χ3v) is 4.59. The maximum Gasteiger partial charge on any atom is 0.407 e. The first-order chi connectivity index (χ1) is 13.8. The van der Waals surface area contributed by atoms with Crippen LogP contribution >= 0.6 is 0 Å². The summed E-state index contributed by atoms with van der Waals surface area (Å²) >= 11 is 0. The minimum atomic E-state index is -1.08. The molecule has 1 aliphatic heterocycles. The average Bonchev–Trinajstić information content (AvgIpc) is 2.68. The molecule has 2 amide bonds. The summed E-state index contributed by atoms with van der Waals surface area (Å²) < 4.78 is 16.0. The fraction of sp³-hybridized carbons (Fsp3) is 0.526. The molecule has 0 unspecified atom stereocenters. The summed E-state index contributed by atoms with van der Waals surface area (Å²) in [6.45, 7) is 2.59. The summed E-state index contributed by atoms with van der Waals surface area (Å²) in [7, 11) is 1.48. The van der Waals surface area contributed by atoms with Gasteiger partial charge in [-0.2, -0.15) is 0 Å². The van der Waals surface area contributed by atoms with Crippen LogP contribution in [0, 0.1) is 0 Å². The second kappa shape index (κ2) is 10.4. The van der Waals surface area contributed by atoms with Crippen LogP contribution in [0.5, 0.6) is 11.5 Å². The first-order valence-corrected chi connectivity index (χ1v) is 9.28. The van der Waals surface area contributed by atoms with Crippen molar-refractivity contribution in [2.24, 2.45) is 0 Å². The third-order valence-electron chi connectivity index (χ3n) is 4.59. The molecular weight excluding hydrogens is 384 g/mol. The van der Waals surface area contributed by atoms with Gasteiger partial charge in [-0.3, -0.25) is 4.79 Å². The molecule has 0 aliphatic carbocycles. The molecule has 10 heteroatoms. The van der Waals surface area contributed by atoms with Crippen LogP contribution in [0.1, 0.15) is 18.9 Å². The van der Waals surface area contributed by atoms with Crippen molar-refractivity contribution in [3.63, 3.8) is 0 Å². The molecule has 0 bridgehead atoms. The maximum absolute atomic E-state index is 11.6. The van der Waals surface area contributed by atoms with Gasteiger partial charge in [-0.25, -0.2) is 9.59 Å².